The summed E-state index contributed by atoms with van der Waals surface area (Å²) in [6.07, 6.45) is 4.45. The van der Waals surface area contributed by atoms with E-state index in [0.29, 0.717) is 28.8 Å². The first kappa shape index (κ1) is 29.3. The fourth-order valence-corrected chi connectivity index (χ4v) is 4.89. The maximum atomic E-state index is 13.6. The Morgan fingerprint density at radius 2 is 1.73 bits per heavy atom. The van der Waals surface area contributed by atoms with Gasteiger partial charge in [-0.15, -0.1) is 0 Å². The van der Waals surface area contributed by atoms with Crippen molar-refractivity contribution < 1.29 is 13.9 Å². The zero-order valence-electron chi connectivity index (χ0n) is 24.9. The molecule has 0 spiro atoms. The molecular formula is C35H32FN7O2. The second-order valence-electron chi connectivity index (χ2n) is 10.6. The van der Waals surface area contributed by atoms with Crippen LogP contribution in [0.3, 0.4) is 0 Å². The first-order valence-corrected chi connectivity index (χ1v) is 14.7. The van der Waals surface area contributed by atoms with E-state index in [9.17, 15) is 9.18 Å². The molecule has 0 bridgehead atoms. The van der Waals surface area contributed by atoms with Crippen molar-refractivity contribution in [2.75, 3.05) is 16.0 Å². The van der Waals surface area contributed by atoms with E-state index in [1.165, 1.54) is 12.1 Å². The molecule has 45 heavy (non-hydrogen) atoms. The molecule has 0 aliphatic carbocycles. The number of ether oxygens (including phenoxy) is 1. The van der Waals surface area contributed by atoms with Gasteiger partial charge in [0.2, 0.25) is 11.8 Å². The molecule has 0 atom stereocenters. The van der Waals surface area contributed by atoms with Gasteiger partial charge in [0.25, 0.3) is 0 Å². The second-order valence-corrected chi connectivity index (χ2v) is 10.6. The highest BCUT2D eigenvalue weighted by molar-refractivity contribution is 6.07. The summed E-state index contributed by atoms with van der Waals surface area (Å²) in [6, 6.07) is 28.4. The topological polar surface area (TPSA) is 106 Å². The van der Waals surface area contributed by atoms with Crippen LogP contribution in [0.2, 0.25) is 0 Å². The predicted octanol–water partition coefficient (Wildman–Crippen LogP) is 8.79. The number of unbranched alkanes of at least 4 members (excludes halogenated alkanes) is 1. The van der Waals surface area contributed by atoms with Crippen LogP contribution in [0, 0.1) is 12.7 Å². The van der Waals surface area contributed by atoms with E-state index in [2.05, 4.69) is 32.8 Å². The van der Waals surface area contributed by atoms with Gasteiger partial charge in [0.15, 0.2) is 0 Å². The van der Waals surface area contributed by atoms with Crippen molar-refractivity contribution >= 4 is 39.9 Å². The molecular weight excluding hydrogens is 569 g/mol. The number of anilines is 4. The van der Waals surface area contributed by atoms with E-state index < -0.39 is 6.03 Å². The van der Waals surface area contributed by atoms with Gasteiger partial charge in [-0.05, 0) is 62.2 Å². The molecule has 2 amide bonds. The highest BCUT2D eigenvalue weighted by Gasteiger charge is 2.15. The molecule has 9 nitrogen and oxygen atoms in total. The van der Waals surface area contributed by atoms with E-state index in [1.54, 1.807) is 41.2 Å². The van der Waals surface area contributed by atoms with Gasteiger partial charge >= 0.3 is 6.03 Å². The maximum Gasteiger partial charge on any atom is 0.324 e. The van der Waals surface area contributed by atoms with Gasteiger partial charge in [-0.1, -0.05) is 61.4 Å². The van der Waals surface area contributed by atoms with Crippen LogP contribution in [0.1, 0.15) is 31.0 Å². The number of halogens is 1. The molecule has 2 heterocycles. The molecule has 3 N–H and O–H groups in total. The average Bonchev–Trinajstić information content (AvgIpc) is 3.44. The van der Waals surface area contributed by atoms with Gasteiger partial charge in [0, 0.05) is 34.8 Å². The van der Waals surface area contributed by atoms with E-state index in [1.807, 2.05) is 61.5 Å². The summed E-state index contributed by atoms with van der Waals surface area (Å²) in [6.45, 7) is 4.17. The second kappa shape index (κ2) is 13.3. The molecule has 0 radical (unpaired) electrons. The number of carbonyl (C=O) groups is 1. The molecule has 6 rings (SSSR count). The average molecular weight is 602 g/mol. The number of fused-ring (bicyclic) bond motifs is 1. The van der Waals surface area contributed by atoms with Crippen molar-refractivity contribution in [2.45, 2.75) is 33.1 Å². The minimum Gasteiger partial charge on any atom is -0.438 e. The standard InChI is InChI=1S/C35H32FN7O2/c1-3-4-9-26-22-32(43(42-26)27-15-13-23(2)14-16-27)40-35(44)39-30-17-18-31(29-12-6-5-11-28(29)30)45-33-19-20-37-34(41-33)38-25-10-7-8-24(36)21-25/h5-8,10-22H,3-4,9H2,1-2H3,(H,37,38,41)(H2,39,40,44). The summed E-state index contributed by atoms with van der Waals surface area (Å²) in [5.74, 6) is 1.33. The van der Waals surface area contributed by atoms with Gasteiger partial charge in [0.05, 0.1) is 17.1 Å². The van der Waals surface area contributed by atoms with Crippen LogP contribution >= 0.6 is 0 Å². The fraction of sp³-hybridized carbons (Fsp3) is 0.143. The Kier molecular flexibility index (Phi) is 8.63. The lowest BCUT2D eigenvalue weighted by molar-refractivity contribution is 0.262. The van der Waals surface area contributed by atoms with Crippen LogP contribution in [-0.4, -0.2) is 25.8 Å². The summed E-state index contributed by atoms with van der Waals surface area (Å²) in [4.78, 5) is 22.0. The number of aryl methyl sites for hydroxylation is 2. The zero-order chi connectivity index (χ0) is 31.2. The third-order valence-electron chi connectivity index (χ3n) is 7.12. The quantitative estimate of drug-likeness (QED) is 0.145. The highest BCUT2D eigenvalue weighted by Crippen LogP contribution is 2.34. The highest BCUT2D eigenvalue weighted by atomic mass is 19.1. The summed E-state index contributed by atoms with van der Waals surface area (Å²) in [5.41, 5.74) is 4.05. The van der Waals surface area contributed by atoms with Gasteiger partial charge < -0.3 is 15.4 Å². The number of hydrogen-bond acceptors (Lipinski definition) is 6. The molecule has 0 aliphatic rings. The lowest BCUT2D eigenvalue weighted by Crippen LogP contribution is -2.21. The normalized spacial score (nSPS) is 10.9. The third kappa shape index (κ3) is 7.07. The maximum absolute atomic E-state index is 13.6. The summed E-state index contributed by atoms with van der Waals surface area (Å²) < 4.78 is 21.5. The summed E-state index contributed by atoms with van der Waals surface area (Å²) >= 11 is 0. The van der Waals surface area contributed by atoms with E-state index in [0.717, 1.165) is 47.0 Å². The molecule has 0 saturated carbocycles. The van der Waals surface area contributed by atoms with Crippen LogP contribution in [0.15, 0.2) is 103 Å². The van der Waals surface area contributed by atoms with E-state index in [-0.39, 0.29) is 11.8 Å². The number of nitrogens with zero attached hydrogens (tertiary/aromatic N) is 4. The van der Waals surface area contributed by atoms with Gasteiger partial charge in [-0.3, -0.25) is 5.32 Å². The number of benzene rings is 4. The number of hydrogen-bond donors (Lipinski definition) is 3. The minimum atomic E-state index is -0.395. The molecule has 4 aromatic carbocycles. The number of amides is 2. The smallest absolute Gasteiger partial charge is 0.324 e. The molecule has 0 fully saturated rings. The lowest BCUT2D eigenvalue weighted by Gasteiger charge is -2.14. The summed E-state index contributed by atoms with van der Waals surface area (Å²) in [7, 11) is 0. The monoisotopic (exact) mass is 601 g/mol. The van der Waals surface area contributed by atoms with Crippen LogP contribution in [0.5, 0.6) is 11.6 Å². The lowest BCUT2D eigenvalue weighted by atomic mass is 10.1. The first-order chi connectivity index (χ1) is 21.9. The van der Waals surface area contributed by atoms with Gasteiger partial charge in [-0.25, -0.2) is 18.9 Å². The number of urea groups is 1. The zero-order valence-corrected chi connectivity index (χ0v) is 24.9. The van der Waals surface area contributed by atoms with Crippen molar-refractivity contribution in [2.24, 2.45) is 0 Å². The Labute approximate surface area is 260 Å². The molecule has 226 valence electrons. The SMILES string of the molecule is CCCCc1cc(NC(=O)Nc2ccc(Oc3ccnc(Nc4cccc(F)c4)n3)c3ccccc23)n(-c2ccc(C)cc2)n1. The number of rotatable bonds is 10. The Morgan fingerprint density at radius 3 is 2.53 bits per heavy atom. The Morgan fingerprint density at radius 1 is 0.911 bits per heavy atom. The van der Waals surface area contributed by atoms with Crippen LogP contribution in [0.25, 0.3) is 16.5 Å². The Bertz CT molecular complexity index is 1960. The molecule has 6 aromatic rings. The van der Waals surface area contributed by atoms with E-state index >= 15 is 0 Å². The minimum absolute atomic E-state index is 0.264. The predicted molar refractivity (Wildman–Crippen MR) is 175 cm³/mol. The van der Waals surface area contributed by atoms with Crippen LogP contribution < -0.4 is 20.7 Å². The number of aromatic nitrogens is 4. The summed E-state index contributed by atoms with van der Waals surface area (Å²) in [5, 5.41) is 15.3. The largest absolute Gasteiger partial charge is 0.438 e. The molecule has 10 heteroatoms. The number of carbonyl (C=O) groups excluding carboxylic acids is 1. The van der Waals surface area contributed by atoms with Crippen molar-refractivity contribution in [1.29, 1.82) is 0 Å². The van der Waals surface area contributed by atoms with Crippen molar-refractivity contribution in [3.63, 3.8) is 0 Å². The molecule has 2 aromatic heterocycles. The van der Waals surface area contributed by atoms with Crippen molar-refractivity contribution in [3.8, 4) is 17.3 Å². The Balaban J connectivity index is 1.21. The molecule has 0 unspecified atom stereocenters. The number of nitrogens with one attached hydrogen (secondary N) is 3. The van der Waals surface area contributed by atoms with Crippen molar-refractivity contribution in [1.82, 2.24) is 19.7 Å². The Hall–Kier alpha value is -5.77. The van der Waals surface area contributed by atoms with Crippen LogP contribution in [0.4, 0.5) is 32.3 Å². The fourth-order valence-electron chi connectivity index (χ4n) is 4.89. The molecule has 0 saturated heterocycles. The third-order valence-corrected chi connectivity index (χ3v) is 7.12. The van der Waals surface area contributed by atoms with Crippen molar-refractivity contribution in [3.05, 3.63) is 120 Å². The van der Waals surface area contributed by atoms with Gasteiger partial charge in [0.1, 0.15) is 17.4 Å². The van der Waals surface area contributed by atoms with Crippen LogP contribution in [-0.2, 0) is 6.42 Å². The van der Waals surface area contributed by atoms with E-state index in [4.69, 9.17) is 9.84 Å². The first-order valence-electron chi connectivity index (χ1n) is 14.7. The van der Waals surface area contributed by atoms with Gasteiger partial charge in [-0.2, -0.15) is 10.1 Å². The molecule has 0 aliphatic heterocycles.